The van der Waals surface area contributed by atoms with E-state index in [1.54, 1.807) is 32.4 Å². The number of ether oxygens (including phenoxy) is 2. The number of amides is 1. The van der Waals surface area contributed by atoms with Crippen LogP contribution in [0.3, 0.4) is 0 Å². The first kappa shape index (κ1) is 24.7. The van der Waals surface area contributed by atoms with Crippen LogP contribution in [0.2, 0.25) is 0 Å². The van der Waals surface area contributed by atoms with Crippen LogP contribution < -0.4 is 20.1 Å². The summed E-state index contributed by atoms with van der Waals surface area (Å²) in [5, 5.41) is 15.9. The number of hydrogen-bond donors (Lipinski definition) is 3. The third-order valence-electron chi connectivity index (χ3n) is 4.51. The van der Waals surface area contributed by atoms with Gasteiger partial charge in [0, 0.05) is 37.6 Å². The minimum absolute atomic E-state index is 0.114. The molecule has 0 saturated carbocycles. The average molecular weight is 450 g/mol. The van der Waals surface area contributed by atoms with Gasteiger partial charge in [0.25, 0.3) is 5.91 Å². The minimum Gasteiger partial charge on any atom is -0.493 e. The Bertz CT molecular complexity index is 847. The molecule has 0 fully saturated rings. The number of rotatable bonds is 13. The van der Waals surface area contributed by atoms with Crippen LogP contribution >= 0.6 is 11.8 Å². The predicted molar refractivity (Wildman–Crippen MR) is 124 cm³/mol. The molecule has 0 aliphatic carbocycles. The lowest BCUT2D eigenvalue weighted by Crippen LogP contribution is -2.32. The van der Waals surface area contributed by atoms with E-state index in [1.165, 1.54) is 18.0 Å². The van der Waals surface area contributed by atoms with Gasteiger partial charge in [-0.25, -0.2) is 9.97 Å². The normalized spacial score (nSPS) is 10.8. The van der Waals surface area contributed by atoms with Crippen LogP contribution in [0.5, 0.6) is 11.5 Å². The van der Waals surface area contributed by atoms with Crippen molar-refractivity contribution in [2.75, 3.05) is 63.9 Å². The van der Waals surface area contributed by atoms with Crippen LogP contribution in [-0.4, -0.2) is 79.1 Å². The lowest BCUT2D eigenvalue weighted by atomic mass is 10.2. The smallest absolute Gasteiger partial charge is 0.260 e. The van der Waals surface area contributed by atoms with Gasteiger partial charge in [-0.05, 0) is 31.4 Å². The van der Waals surface area contributed by atoms with Crippen LogP contribution in [0.15, 0.2) is 29.6 Å². The number of nitrogens with zero attached hydrogens (tertiary/aromatic N) is 3. The number of benzene rings is 1. The summed E-state index contributed by atoms with van der Waals surface area (Å²) in [7, 11) is 3.10. The molecule has 2 rings (SSSR count). The Kier molecular flexibility index (Phi) is 10.3. The van der Waals surface area contributed by atoms with Gasteiger partial charge in [0.05, 0.1) is 20.8 Å². The topological polar surface area (TPSA) is 109 Å². The number of anilines is 2. The Balaban J connectivity index is 2.15. The van der Waals surface area contributed by atoms with Crippen molar-refractivity contribution in [3.63, 3.8) is 0 Å². The zero-order valence-corrected chi connectivity index (χ0v) is 19.3. The molecular weight excluding hydrogens is 418 g/mol. The van der Waals surface area contributed by atoms with Crippen molar-refractivity contribution >= 4 is 29.2 Å². The Labute approximate surface area is 187 Å². The van der Waals surface area contributed by atoms with E-state index < -0.39 is 0 Å². The van der Waals surface area contributed by atoms with Gasteiger partial charge in [-0.15, -0.1) is 0 Å². The van der Waals surface area contributed by atoms with E-state index in [-0.39, 0.29) is 12.5 Å². The fraction of sp³-hybridized carbons (Fsp3) is 0.476. The fourth-order valence-electron chi connectivity index (χ4n) is 3.00. The van der Waals surface area contributed by atoms with Gasteiger partial charge in [-0.1, -0.05) is 18.7 Å². The third kappa shape index (κ3) is 7.27. The van der Waals surface area contributed by atoms with Gasteiger partial charge >= 0.3 is 0 Å². The maximum atomic E-state index is 12.9. The molecule has 0 unspecified atom stereocenters. The van der Waals surface area contributed by atoms with E-state index in [1.807, 2.05) is 6.26 Å². The minimum atomic E-state index is -0.330. The summed E-state index contributed by atoms with van der Waals surface area (Å²) >= 11 is 1.40. The summed E-state index contributed by atoms with van der Waals surface area (Å²) in [5.74, 6) is 1.24. The number of carbonyl (C=O) groups excluding carboxylic acids is 1. The number of nitrogens with one attached hydrogen (secondary N) is 2. The second kappa shape index (κ2) is 13.0. The quantitative estimate of drug-likeness (QED) is 0.314. The van der Waals surface area contributed by atoms with E-state index in [9.17, 15) is 9.90 Å². The molecule has 10 heteroatoms. The molecule has 3 N–H and O–H groups in total. The van der Waals surface area contributed by atoms with Crippen molar-refractivity contribution in [1.82, 2.24) is 14.9 Å². The maximum Gasteiger partial charge on any atom is 0.260 e. The van der Waals surface area contributed by atoms with Gasteiger partial charge in [0.1, 0.15) is 11.4 Å². The number of carbonyl (C=O) groups is 1. The Morgan fingerprint density at radius 1 is 1.19 bits per heavy atom. The summed E-state index contributed by atoms with van der Waals surface area (Å²) in [6, 6.07) is 5.16. The largest absolute Gasteiger partial charge is 0.493 e. The van der Waals surface area contributed by atoms with Crippen molar-refractivity contribution in [2.24, 2.45) is 0 Å². The molecule has 31 heavy (non-hydrogen) atoms. The van der Waals surface area contributed by atoms with E-state index in [0.29, 0.717) is 46.8 Å². The summed E-state index contributed by atoms with van der Waals surface area (Å²) in [4.78, 5) is 23.8. The highest BCUT2D eigenvalue weighted by atomic mass is 32.2. The molecular formula is C21H31N5O4S. The number of hydrogen-bond acceptors (Lipinski definition) is 9. The monoisotopic (exact) mass is 449 g/mol. The van der Waals surface area contributed by atoms with Crippen molar-refractivity contribution < 1.29 is 19.4 Å². The molecule has 0 aliphatic heterocycles. The van der Waals surface area contributed by atoms with Crippen molar-refractivity contribution in [2.45, 2.75) is 18.5 Å². The Morgan fingerprint density at radius 3 is 2.61 bits per heavy atom. The second-order valence-electron chi connectivity index (χ2n) is 6.63. The number of aromatic nitrogens is 2. The maximum absolute atomic E-state index is 12.9. The fourth-order valence-corrected chi connectivity index (χ4v) is 3.34. The second-order valence-corrected chi connectivity index (χ2v) is 7.41. The van der Waals surface area contributed by atoms with Crippen LogP contribution in [-0.2, 0) is 0 Å². The lowest BCUT2D eigenvalue weighted by molar-refractivity contribution is 0.102. The van der Waals surface area contributed by atoms with Crippen molar-refractivity contribution in [1.29, 1.82) is 0 Å². The van der Waals surface area contributed by atoms with Gasteiger partial charge in [0.15, 0.2) is 16.7 Å². The Morgan fingerprint density at radius 2 is 1.97 bits per heavy atom. The summed E-state index contributed by atoms with van der Waals surface area (Å²) in [6.07, 6.45) is 4.41. The number of methoxy groups -OCH3 is 2. The number of aliphatic hydroxyl groups is 1. The van der Waals surface area contributed by atoms with Crippen LogP contribution in [0.1, 0.15) is 23.7 Å². The molecule has 1 aromatic heterocycles. The molecule has 1 aromatic carbocycles. The SMILES string of the molecule is CCCN(CCO)CCNc1nc(SC)ncc1C(=O)Nc1ccc(OC)c(OC)c1. The van der Waals surface area contributed by atoms with Crippen LogP contribution in [0.4, 0.5) is 11.5 Å². The Hall–Kier alpha value is -2.56. The van der Waals surface area contributed by atoms with E-state index in [0.717, 1.165) is 19.5 Å². The van der Waals surface area contributed by atoms with E-state index in [4.69, 9.17) is 9.47 Å². The van der Waals surface area contributed by atoms with Gasteiger partial charge in [-0.2, -0.15) is 0 Å². The number of thioether (sulfide) groups is 1. The molecule has 1 heterocycles. The average Bonchev–Trinajstić information content (AvgIpc) is 2.79. The predicted octanol–water partition coefficient (Wildman–Crippen LogP) is 2.58. The first-order valence-corrected chi connectivity index (χ1v) is 11.3. The molecule has 0 aliphatic rings. The summed E-state index contributed by atoms with van der Waals surface area (Å²) < 4.78 is 10.5. The first-order chi connectivity index (χ1) is 15.1. The highest BCUT2D eigenvalue weighted by molar-refractivity contribution is 7.98. The molecule has 9 nitrogen and oxygen atoms in total. The molecule has 2 aromatic rings. The molecule has 1 amide bonds. The van der Waals surface area contributed by atoms with Gasteiger partial charge in [0.2, 0.25) is 0 Å². The molecule has 170 valence electrons. The van der Waals surface area contributed by atoms with E-state index >= 15 is 0 Å². The highest BCUT2D eigenvalue weighted by Crippen LogP contribution is 2.30. The van der Waals surface area contributed by atoms with Gasteiger partial charge < -0.3 is 25.2 Å². The standard InChI is InChI=1S/C21H31N5O4S/c1-5-9-26(11-12-27)10-8-22-19-16(14-23-21(25-19)31-4)20(28)24-15-6-7-17(29-2)18(13-15)30-3/h6-7,13-14,27H,5,8-12H2,1-4H3,(H,24,28)(H,22,23,25). The zero-order valence-electron chi connectivity index (χ0n) is 18.5. The summed E-state index contributed by atoms with van der Waals surface area (Å²) in [6.45, 7) is 5.04. The van der Waals surface area contributed by atoms with Crippen molar-refractivity contribution in [3.05, 3.63) is 30.0 Å². The molecule has 0 bridgehead atoms. The lowest BCUT2D eigenvalue weighted by Gasteiger charge is -2.21. The van der Waals surface area contributed by atoms with Crippen LogP contribution in [0.25, 0.3) is 0 Å². The van der Waals surface area contributed by atoms with Crippen molar-refractivity contribution in [3.8, 4) is 11.5 Å². The number of aliphatic hydroxyl groups excluding tert-OH is 1. The van der Waals surface area contributed by atoms with E-state index in [2.05, 4.69) is 32.4 Å². The summed E-state index contributed by atoms with van der Waals surface area (Å²) in [5.41, 5.74) is 0.913. The van der Waals surface area contributed by atoms with Crippen LogP contribution in [0, 0.1) is 0 Å². The first-order valence-electron chi connectivity index (χ1n) is 10.1. The zero-order chi connectivity index (χ0) is 22.6. The third-order valence-corrected chi connectivity index (χ3v) is 5.07. The highest BCUT2D eigenvalue weighted by Gasteiger charge is 2.16. The van der Waals surface area contributed by atoms with Gasteiger partial charge in [-0.3, -0.25) is 9.69 Å². The molecule has 0 spiro atoms. The molecule has 0 radical (unpaired) electrons. The molecule has 0 saturated heterocycles. The molecule has 0 atom stereocenters.